The molecule has 0 aromatic carbocycles. The summed E-state index contributed by atoms with van der Waals surface area (Å²) in [5.74, 6) is 0.833. The van der Waals surface area contributed by atoms with Crippen molar-refractivity contribution in [1.82, 2.24) is 0 Å². The molecule has 0 aliphatic heterocycles. The molecule has 0 unspecified atom stereocenters. The molecule has 0 radical (unpaired) electrons. The van der Waals surface area contributed by atoms with E-state index in [4.69, 9.17) is 5.73 Å². The van der Waals surface area contributed by atoms with Crippen molar-refractivity contribution in [2.75, 3.05) is 6.54 Å². The minimum Gasteiger partial charge on any atom is -0.327 e. The molecule has 0 atom stereocenters. The van der Waals surface area contributed by atoms with Crippen molar-refractivity contribution >= 4 is 0 Å². The Balaban J connectivity index is 0.000000261. The Kier molecular flexibility index (Phi) is 5.73. The topological polar surface area (TPSA) is 26.0 Å². The first-order valence-electron chi connectivity index (χ1n) is 4.61. The van der Waals surface area contributed by atoms with Crippen LogP contribution >= 0.6 is 0 Å². The Morgan fingerprint density at radius 3 is 2.00 bits per heavy atom. The van der Waals surface area contributed by atoms with Crippen LogP contribution in [0.3, 0.4) is 0 Å². The first kappa shape index (κ1) is 11.4. The highest BCUT2D eigenvalue weighted by molar-refractivity contribution is 5.29. The van der Waals surface area contributed by atoms with Gasteiger partial charge in [0.05, 0.1) is 0 Å². The van der Waals surface area contributed by atoms with Crippen molar-refractivity contribution in [2.45, 2.75) is 34.1 Å². The second-order valence-electron chi connectivity index (χ2n) is 3.95. The molecule has 0 bridgehead atoms. The number of rotatable bonds is 1. The van der Waals surface area contributed by atoms with Crippen molar-refractivity contribution in [3.05, 3.63) is 23.3 Å². The van der Waals surface area contributed by atoms with Crippen LogP contribution in [-0.4, -0.2) is 6.54 Å². The number of hydrogen-bond acceptors (Lipinski definition) is 1. The third kappa shape index (κ3) is 6.17. The smallest absolute Gasteiger partial charge is 0.0143 e. The van der Waals surface area contributed by atoms with Gasteiger partial charge in [-0.1, -0.05) is 44.1 Å². The summed E-state index contributed by atoms with van der Waals surface area (Å²) in [6, 6.07) is 0. The van der Waals surface area contributed by atoms with Crippen molar-refractivity contribution in [2.24, 2.45) is 11.7 Å². The van der Waals surface area contributed by atoms with E-state index in [1.165, 1.54) is 11.1 Å². The fourth-order valence-corrected chi connectivity index (χ4v) is 0.876. The van der Waals surface area contributed by atoms with Crippen LogP contribution in [0, 0.1) is 5.92 Å². The van der Waals surface area contributed by atoms with Crippen LogP contribution in [0.15, 0.2) is 23.3 Å². The van der Waals surface area contributed by atoms with Crippen molar-refractivity contribution in [3.63, 3.8) is 0 Å². The summed E-state index contributed by atoms with van der Waals surface area (Å²) in [5.41, 5.74) is 8.17. The van der Waals surface area contributed by atoms with Gasteiger partial charge in [-0.3, -0.25) is 0 Å². The molecule has 12 heavy (non-hydrogen) atoms. The Bertz CT molecular complexity index is 173. The van der Waals surface area contributed by atoms with Crippen LogP contribution in [0.2, 0.25) is 0 Å². The van der Waals surface area contributed by atoms with Gasteiger partial charge in [-0.05, 0) is 19.3 Å². The third-order valence-electron chi connectivity index (χ3n) is 1.37. The van der Waals surface area contributed by atoms with Crippen molar-refractivity contribution < 1.29 is 0 Å². The van der Waals surface area contributed by atoms with Gasteiger partial charge < -0.3 is 5.73 Å². The fraction of sp³-hybridized carbons (Fsp3) is 0.636. The van der Waals surface area contributed by atoms with E-state index in [2.05, 4.69) is 39.8 Å². The molecule has 0 fully saturated rings. The van der Waals surface area contributed by atoms with Gasteiger partial charge in [0.25, 0.3) is 0 Å². The zero-order valence-electron chi connectivity index (χ0n) is 8.72. The second-order valence-corrected chi connectivity index (χ2v) is 3.95. The Labute approximate surface area is 76.3 Å². The lowest BCUT2D eigenvalue weighted by Gasteiger charge is -1.93. The summed E-state index contributed by atoms with van der Waals surface area (Å²) in [6.07, 6.45) is 5.33. The maximum absolute atomic E-state index is 5.39. The zero-order valence-corrected chi connectivity index (χ0v) is 8.72. The monoisotopic (exact) mass is 167 g/mol. The van der Waals surface area contributed by atoms with E-state index in [-0.39, 0.29) is 0 Å². The summed E-state index contributed by atoms with van der Waals surface area (Å²) in [5, 5.41) is 0. The van der Waals surface area contributed by atoms with Gasteiger partial charge in [-0.15, -0.1) is 0 Å². The summed E-state index contributed by atoms with van der Waals surface area (Å²) >= 11 is 0. The van der Waals surface area contributed by atoms with Gasteiger partial charge in [-0.2, -0.15) is 0 Å². The summed E-state index contributed by atoms with van der Waals surface area (Å²) in [4.78, 5) is 0. The van der Waals surface area contributed by atoms with Crippen LogP contribution in [0.4, 0.5) is 0 Å². The van der Waals surface area contributed by atoms with Crippen LogP contribution in [0.1, 0.15) is 34.1 Å². The average Bonchev–Trinajstić information content (AvgIpc) is 2.34. The molecule has 0 heterocycles. The van der Waals surface area contributed by atoms with Gasteiger partial charge in [0.15, 0.2) is 0 Å². The van der Waals surface area contributed by atoms with E-state index in [9.17, 15) is 0 Å². The van der Waals surface area contributed by atoms with Crippen LogP contribution < -0.4 is 5.73 Å². The maximum Gasteiger partial charge on any atom is 0.0143 e. The largest absolute Gasteiger partial charge is 0.327 e. The lowest BCUT2D eigenvalue weighted by molar-refractivity contribution is 0.737. The zero-order chi connectivity index (χ0) is 9.56. The number of allylic oxidation sites excluding steroid dienone is 3. The fourth-order valence-electron chi connectivity index (χ4n) is 0.876. The Hall–Kier alpha value is -0.560. The molecule has 1 nitrogen and oxygen atoms in total. The van der Waals surface area contributed by atoms with Crippen molar-refractivity contribution in [3.8, 4) is 0 Å². The van der Waals surface area contributed by atoms with Crippen molar-refractivity contribution in [1.29, 1.82) is 0 Å². The molecule has 0 saturated carbocycles. The van der Waals surface area contributed by atoms with Gasteiger partial charge in [0.2, 0.25) is 0 Å². The molecule has 0 amide bonds. The number of nitrogens with two attached hydrogens (primary N) is 1. The van der Waals surface area contributed by atoms with Gasteiger partial charge >= 0.3 is 0 Å². The van der Waals surface area contributed by atoms with Gasteiger partial charge in [0.1, 0.15) is 0 Å². The molecule has 2 N–H and O–H groups in total. The standard InChI is InChI=1S/C7H11N.C4H10/c1-6-2-3-7(4-6)5-8;1-4(2)3/h2-3H,4-5,8H2,1H3;4H,1-3H3. The SMILES string of the molecule is CC(C)C.CC1=CC=C(CN)C1. The second kappa shape index (κ2) is 6.01. The lowest BCUT2D eigenvalue weighted by atomic mass is 10.2. The van der Waals surface area contributed by atoms with E-state index in [0.717, 1.165) is 12.3 Å². The lowest BCUT2D eigenvalue weighted by Crippen LogP contribution is -2.00. The molecule has 0 aromatic rings. The van der Waals surface area contributed by atoms with Crippen LogP contribution in [0.5, 0.6) is 0 Å². The third-order valence-corrected chi connectivity index (χ3v) is 1.37. The highest BCUT2D eigenvalue weighted by Crippen LogP contribution is 2.15. The van der Waals surface area contributed by atoms with E-state index in [1.54, 1.807) is 0 Å². The minimum absolute atomic E-state index is 0.716. The summed E-state index contributed by atoms with van der Waals surface area (Å²) < 4.78 is 0. The predicted octanol–water partition coefficient (Wildman–Crippen LogP) is 2.88. The Morgan fingerprint density at radius 1 is 1.33 bits per heavy atom. The van der Waals surface area contributed by atoms with Gasteiger partial charge in [-0.25, -0.2) is 0 Å². The van der Waals surface area contributed by atoms with Gasteiger partial charge in [0, 0.05) is 6.54 Å². The summed E-state index contributed by atoms with van der Waals surface area (Å²) in [7, 11) is 0. The van der Waals surface area contributed by atoms with E-state index >= 15 is 0 Å². The quantitative estimate of drug-likeness (QED) is 0.638. The molecule has 1 heteroatoms. The maximum atomic E-state index is 5.39. The number of hydrogen-bond donors (Lipinski definition) is 1. The van der Waals surface area contributed by atoms with Crippen LogP contribution in [-0.2, 0) is 0 Å². The molecular formula is C11H21N. The highest BCUT2D eigenvalue weighted by Gasteiger charge is 1.99. The molecule has 0 saturated heterocycles. The molecule has 1 aliphatic rings. The first-order chi connectivity index (χ1) is 5.56. The molecule has 0 spiro atoms. The highest BCUT2D eigenvalue weighted by atomic mass is 14.5. The molecular weight excluding hydrogens is 146 g/mol. The molecule has 1 aliphatic carbocycles. The van der Waals surface area contributed by atoms with E-state index in [0.29, 0.717) is 6.54 Å². The van der Waals surface area contributed by atoms with E-state index < -0.39 is 0 Å². The van der Waals surface area contributed by atoms with Crippen LogP contribution in [0.25, 0.3) is 0 Å². The predicted molar refractivity (Wildman–Crippen MR) is 56.0 cm³/mol. The molecule has 0 aromatic heterocycles. The minimum atomic E-state index is 0.716. The Morgan fingerprint density at radius 2 is 1.83 bits per heavy atom. The average molecular weight is 167 g/mol. The summed E-state index contributed by atoms with van der Waals surface area (Å²) in [6.45, 7) is 9.34. The normalized spacial score (nSPS) is 15.2. The first-order valence-corrected chi connectivity index (χ1v) is 4.61. The van der Waals surface area contributed by atoms with E-state index in [1.807, 2.05) is 0 Å². The molecule has 70 valence electrons. The molecule has 1 rings (SSSR count).